The first-order chi connectivity index (χ1) is 15.1. The molecule has 1 aliphatic rings. The Bertz CT molecular complexity index is 1230. The second-order valence-electron chi connectivity index (χ2n) is 7.50. The summed E-state index contributed by atoms with van der Waals surface area (Å²) in [6, 6.07) is 13.6. The van der Waals surface area contributed by atoms with E-state index in [1.54, 1.807) is 36.4 Å². The zero-order chi connectivity index (χ0) is 23.0. The largest absolute Gasteiger partial charge is 0.416 e. The fraction of sp³-hybridized carbons (Fsp3) is 0.120. The molecule has 1 heterocycles. The molecule has 164 valence electrons. The summed E-state index contributed by atoms with van der Waals surface area (Å²) < 4.78 is 68.6. The zero-order valence-corrected chi connectivity index (χ0v) is 17.0. The van der Waals surface area contributed by atoms with Gasteiger partial charge in [-0.2, -0.15) is 13.2 Å². The molecule has 2 nitrogen and oxygen atoms in total. The van der Waals surface area contributed by atoms with Crippen LogP contribution < -0.4 is 10.6 Å². The van der Waals surface area contributed by atoms with E-state index in [1.807, 2.05) is 0 Å². The fourth-order valence-electron chi connectivity index (χ4n) is 3.80. The van der Waals surface area contributed by atoms with Gasteiger partial charge in [0.25, 0.3) is 0 Å². The first kappa shape index (κ1) is 21.6. The minimum atomic E-state index is -4.52. The molecule has 7 heteroatoms. The van der Waals surface area contributed by atoms with Crippen molar-refractivity contribution in [2.24, 2.45) is 0 Å². The standard InChI is InChI=1S/C25H19F5N2/c1-14-19(11-16(26)12-21(14)27)15(2)31-24-13-23(32-22-10-6-4-8-18(22)24)17-7-3-5-9-20(17)25(28,29)30/h3-13,23,31-32H,2H2,1H3. The van der Waals surface area contributed by atoms with Gasteiger partial charge in [0.15, 0.2) is 0 Å². The number of alkyl halides is 3. The van der Waals surface area contributed by atoms with Crippen LogP contribution in [0.3, 0.4) is 0 Å². The summed E-state index contributed by atoms with van der Waals surface area (Å²) in [5, 5.41) is 6.19. The Hall–Kier alpha value is -3.61. The Morgan fingerprint density at radius 2 is 1.69 bits per heavy atom. The van der Waals surface area contributed by atoms with Crippen LogP contribution in [0.2, 0.25) is 0 Å². The van der Waals surface area contributed by atoms with E-state index in [1.165, 1.54) is 19.1 Å². The monoisotopic (exact) mass is 442 g/mol. The molecule has 0 saturated heterocycles. The lowest BCUT2D eigenvalue weighted by Crippen LogP contribution is -2.23. The molecular weight excluding hydrogens is 423 g/mol. The van der Waals surface area contributed by atoms with Crippen LogP contribution in [-0.2, 0) is 6.18 Å². The highest BCUT2D eigenvalue weighted by atomic mass is 19.4. The fourth-order valence-corrected chi connectivity index (χ4v) is 3.80. The van der Waals surface area contributed by atoms with Gasteiger partial charge in [-0.1, -0.05) is 43.0 Å². The van der Waals surface area contributed by atoms with Crippen molar-refractivity contribution in [3.63, 3.8) is 0 Å². The molecule has 2 N–H and O–H groups in total. The highest BCUT2D eigenvalue weighted by Gasteiger charge is 2.35. The number of anilines is 1. The quantitative estimate of drug-likeness (QED) is 0.423. The summed E-state index contributed by atoms with van der Waals surface area (Å²) in [5.41, 5.74) is 1.81. The van der Waals surface area contributed by atoms with Gasteiger partial charge in [-0.25, -0.2) is 8.78 Å². The summed E-state index contributed by atoms with van der Waals surface area (Å²) in [4.78, 5) is 0. The van der Waals surface area contributed by atoms with Crippen molar-refractivity contribution in [3.8, 4) is 0 Å². The predicted octanol–water partition coefficient (Wildman–Crippen LogP) is 7.06. The van der Waals surface area contributed by atoms with Crippen LogP contribution in [-0.4, -0.2) is 0 Å². The minimum absolute atomic E-state index is 0.0624. The third kappa shape index (κ3) is 4.10. The van der Waals surface area contributed by atoms with Crippen molar-refractivity contribution in [2.75, 3.05) is 5.32 Å². The molecule has 3 aromatic rings. The van der Waals surface area contributed by atoms with E-state index < -0.39 is 29.4 Å². The predicted molar refractivity (Wildman–Crippen MR) is 115 cm³/mol. The van der Waals surface area contributed by atoms with Crippen molar-refractivity contribution < 1.29 is 22.0 Å². The number of para-hydroxylation sites is 1. The maximum atomic E-state index is 14.0. The third-order valence-corrected chi connectivity index (χ3v) is 5.38. The summed E-state index contributed by atoms with van der Waals surface area (Å²) in [7, 11) is 0. The molecule has 0 radical (unpaired) electrons. The van der Waals surface area contributed by atoms with Gasteiger partial charge in [0, 0.05) is 34.3 Å². The molecule has 4 rings (SSSR count). The molecule has 0 amide bonds. The Labute approximate surface area is 182 Å². The maximum Gasteiger partial charge on any atom is 0.416 e. The topological polar surface area (TPSA) is 24.1 Å². The lowest BCUT2D eigenvalue weighted by Gasteiger charge is -2.29. The minimum Gasteiger partial charge on any atom is -0.374 e. The molecule has 1 aliphatic heterocycles. The number of hydrogen-bond donors (Lipinski definition) is 2. The van der Waals surface area contributed by atoms with Gasteiger partial charge in [-0.05, 0) is 42.3 Å². The number of nitrogens with one attached hydrogen (secondary N) is 2. The van der Waals surface area contributed by atoms with E-state index in [0.29, 0.717) is 16.9 Å². The van der Waals surface area contributed by atoms with Gasteiger partial charge in [0.05, 0.1) is 11.6 Å². The number of rotatable bonds is 4. The number of fused-ring (bicyclic) bond motifs is 1. The van der Waals surface area contributed by atoms with E-state index in [-0.39, 0.29) is 22.4 Å². The molecule has 0 spiro atoms. The first-order valence-corrected chi connectivity index (χ1v) is 9.81. The molecule has 0 bridgehead atoms. The van der Waals surface area contributed by atoms with Crippen LogP contribution in [0, 0.1) is 18.6 Å². The number of halogens is 5. The van der Waals surface area contributed by atoms with Crippen molar-refractivity contribution in [1.82, 2.24) is 5.32 Å². The average molecular weight is 442 g/mol. The van der Waals surface area contributed by atoms with Gasteiger partial charge in [0.1, 0.15) is 11.6 Å². The summed E-state index contributed by atoms with van der Waals surface area (Å²) in [6.45, 7) is 5.41. The van der Waals surface area contributed by atoms with Crippen LogP contribution in [0.15, 0.2) is 73.3 Å². The van der Waals surface area contributed by atoms with E-state index in [2.05, 4.69) is 17.2 Å². The molecule has 0 fully saturated rings. The third-order valence-electron chi connectivity index (χ3n) is 5.38. The van der Waals surface area contributed by atoms with Crippen molar-refractivity contribution in [1.29, 1.82) is 0 Å². The molecule has 32 heavy (non-hydrogen) atoms. The Morgan fingerprint density at radius 1 is 1.00 bits per heavy atom. The maximum absolute atomic E-state index is 14.0. The van der Waals surface area contributed by atoms with Crippen LogP contribution >= 0.6 is 0 Å². The molecule has 1 atom stereocenters. The van der Waals surface area contributed by atoms with Gasteiger partial charge in [-0.15, -0.1) is 0 Å². The summed E-state index contributed by atoms with van der Waals surface area (Å²) in [5.74, 6) is -1.46. The van der Waals surface area contributed by atoms with E-state index in [9.17, 15) is 22.0 Å². The summed E-state index contributed by atoms with van der Waals surface area (Å²) >= 11 is 0. The van der Waals surface area contributed by atoms with Gasteiger partial charge in [0.2, 0.25) is 0 Å². The smallest absolute Gasteiger partial charge is 0.374 e. The average Bonchev–Trinajstić information content (AvgIpc) is 2.75. The van der Waals surface area contributed by atoms with Gasteiger partial charge >= 0.3 is 6.18 Å². The SMILES string of the molecule is C=C(NC1=CC(c2ccccc2C(F)(F)F)Nc2ccccc21)c1cc(F)cc(F)c1C. The second kappa shape index (κ2) is 8.15. The Morgan fingerprint density at radius 3 is 2.44 bits per heavy atom. The van der Waals surface area contributed by atoms with Crippen LogP contribution in [0.1, 0.15) is 33.9 Å². The lowest BCUT2D eigenvalue weighted by atomic mass is 9.93. The van der Waals surface area contributed by atoms with Crippen LogP contribution in [0.25, 0.3) is 11.4 Å². The highest BCUT2D eigenvalue weighted by molar-refractivity contribution is 5.85. The van der Waals surface area contributed by atoms with E-state index in [4.69, 9.17) is 0 Å². The van der Waals surface area contributed by atoms with Crippen molar-refractivity contribution in [3.05, 3.63) is 113 Å². The van der Waals surface area contributed by atoms with Gasteiger partial charge < -0.3 is 10.6 Å². The number of hydrogen-bond acceptors (Lipinski definition) is 2. The highest BCUT2D eigenvalue weighted by Crippen LogP contribution is 2.40. The zero-order valence-electron chi connectivity index (χ0n) is 17.0. The molecule has 1 unspecified atom stereocenters. The molecule has 0 aliphatic carbocycles. The molecule has 0 aromatic heterocycles. The van der Waals surface area contributed by atoms with E-state index in [0.717, 1.165) is 18.2 Å². The Balaban J connectivity index is 1.77. The van der Waals surface area contributed by atoms with Crippen molar-refractivity contribution >= 4 is 17.1 Å². The molecular formula is C25H19F5N2. The normalized spacial score (nSPS) is 15.4. The van der Waals surface area contributed by atoms with E-state index >= 15 is 0 Å². The number of benzene rings is 3. The molecule has 0 saturated carbocycles. The lowest BCUT2D eigenvalue weighted by molar-refractivity contribution is -0.138. The van der Waals surface area contributed by atoms with Crippen molar-refractivity contribution in [2.45, 2.75) is 19.1 Å². The van der Waals surface area contributed by atoms with Crippen LogP contribution in [0.5, 0.6) is 0 Å². The van der Waals surface area contributed by atoms with Crippen LogP contribution in [0.4, 0.5) is 27.6 Å². The van der Waals surface area contributed by atoms with Gasteiger partial charge in [-0.3, -0.25) is 0 Å². The first-order valence-electron chi connectivity index (χ1n) is 9.81. The second-order valence-corrected chi connectivity index (χ2v) is 7.50. The Kier molecular flexibility index (Phi) is 5.50. The molecule has 3 aromatic carbocycles. The summed E-state index contributed by atoms with van der Waals surface area (Å²) in [6.07, 6.45) is -2.90.